The maximum absolute atomic E-state index is 12.3. The number of sulfonamides is 1. The maximum atomic E-state index is 12.3. The number of imidazole rings is 1. The molecule has 0 aliphatic rings. The first-order chi connectivity index (χ1) is 8.86. The Hall–Kier alpha value is -0.670. The third-order valence-corrected chi connectivity index (χ3v) is 5.39. The normalized spacial score (nSPS) is 14.4. The van der Waals surface area contributed by atoms with Gasteiger partial charge in [-0.2, -0.15) is 0 Å². The van der Waals surface area contributed by atoms with E-state index in [1.807, 2.05) is 13.8 Å². The van der Waals surface area contributed by atoms with Gasteiger partial charge in [0.1, 0.15) is 0 Å². The molecule has 0 aliphatic carbocycles. The van der Waals surface area contributed by atoms with E-state index in [9.17, 15) is 13.5 Å². The van der Waals surface area contributed by atoms with E-state index in [1.165, 1.54) is 15.7 Å². The first-order valence-corrected chi connectivity index (χ1v) is 8.35. The van der Waals surface area contributed by atoms with Crippen molar-refractivity contribution in [3.63, 3.8) is 0 Å². The molecule has 0 spiro atoms. The van der Waals surface area contributed by atoms with Gasteiger partial charge in [-0.15, -0.1) is 11.3 Å². The van der Waals surface area contributed by atoms with Gasteiger partial charge in [-0.05, 0) is 5.92 Å². The molecule has 1 unspecified atom stereocenters. The number of aliphatic hydroxyl groups excluding tert-OH is 1. The average Bonchev–Trinajstić information content (AvgIpc) is 2.84. The summed E-state index contributed by atoms with van der Waals surface area (Å²) in [6, 6.07) is -0.565. The van der Waals surface area contributed by atoms with Gasteiger partial charge in [0.25, 0.3) is 10.0 Å². The van der Waals surface area contributed by atoms with Gasteiger partial charge in [-0.1, -0.05) is 25.4 Å². The maximum Gasteiger partial charge on any atom is 0.260 e. The van der Waals surface area contributed by atoms with Crippen LogP contribution in [0.3, 0.4) is 0 Å². The Bertz CT molecular complexity index is 677. The largest absolute Gasteiger partial charge is 0.395 e. The smallest absolute Gasteiger partial charge is 0.260 e. The number of halogens is 1. The highest BCUT2D eigenvalue weighted by atomic mass is 35.5. The molecule has 0 bridgehead atoms. The Morgan fingerprint density at radius 3 is 2.84 bits per heavy atom. The summed E-state index contributed by atoms with van der Waals surface area (Å²) in [6.45, 7) is 3.36. The zero-order valence-electron chi connectivity index (χ0n) is 10.4. The molecule has 0 aliphatic heterocycles. The fraction of sp³-hybridized carbons (Fsp3) is 0.500. The molecule has 0 fully saturated rings. The van der Waals surface area contributed by atoms with Crippen LogP contribution in [0, 0.1) is 5.92 Å². The molecule has 106 valence electrons. The third-order valence-electron chi connectivity index (χ3n) is 2.74. The van der Waals surface area contributed by atoms with Gasteiger partial charge in [0.2, 0.25) is 0 Å². The third kappa shape index (κ3) is 2.77. The molecular formula is C10H14ClN3O3S2. The second kappa shape index (κ2) is 5.37. The number of aromatic nitrogens is 2. The quantitative estimate of drug-likeness (QED) is 0.870. The van der Waals surface area contributed by atoms with Crippen LogP contribution < -0.4 is 4.72 Å². The van der Waals surface area contributed by atoms with E-state index in [-0.39, 0.29) is 22.7 Å². The van der Waals surface area contributed by atoms with Crippen LogP contribution in [0.4, 0.5) is 0 Å². The Morgan fingerprint density at radius 1 is 1.58 bits per heavy atom. The summed E-state index contributed by atoms with van der Waals surface area (Å²) in [5.74, 6) is -0.0376. The molecule has 19 heavy (non-hydrogen) atoms. The summed E-state index contributed by atoms with van der Waals surface area (Å²) >= 11 is 7.19. The average molecular weight is 324 g/mol. The zero-order valence-corrected chi connectivity index (χ0v) is 12.8. The summed E-state index contributed by atoms with van der Waals surface area (Å²) in [5, 5.41) is 10.8. The highest BCUT2D eigenvalue weighted by Gasteiger charge is 2.28. The van der Waals surface area contributed by atoms with Gasteiger partial charge in [0.05, 0.1) is 6.61 Å². The molecule has 0 saturated heterocycles. The molecule has 6 nitrogen and oxygen atoms in total. The van der Waals surface area contributed by atoms with E-state index in [4.69, 9.17) is 11.6 Å². The standard InChI is InChI=1S/C10H14ClN3O3S2/c1-6(2)7(5-15)13-19(16,17)9-8(11)12-10-14(9)3-4-18-10/h3-4,6-7,13,15H,5H2,1-2H3. The van der Waals surface area contributed by atoms with Crippen molar-refractivity contribution in [2.24, 2.45) is 5.92 Å². The fourth-order valence-electron chi connectivity index (χ4n) is 1.62. The van der Waals surface area contributed by atoms with E-state index in [1.54, 1.807) is 11.6 Å². The van der Waals surface area contributed by atoms with Crippen LogP contribution in [0.5, 0.6) is 0 Å². The lowest BCUT2D eigenvalue weighted by Gasteiger charge is -2.19. The lowest BCUT2D eigenvalue weighted by Crippen LogP contribution is -2.41. The summed E-state index contributed by atoms with van der Waals surface area (Å²) in [4.78, 5) is 4.49. The van der Waals surface area contributed by atoms with Crippen LogP contribution in [0.1, 0.15) is 13.8 Å². The van der Waals surface area contributed by atoms with Crippen molar-refractivity contribution in [3.05, 3.63) is 16.7 Å². The van der Waals surface area contributed by atoms with Crippen molar-refractivity contribution in [1.29, 1.82) is 0 Å². The Labute approximate surface area is 120 Å². The number of rotatable bonds is 5. The SMILES string of the molecule is CC(C)C(CO)NS(=O)(=O)c1c(Cl)nc2sccn12. The molecule has 1 atom stereocenters. The first kappa shape index (κ1) is 14.7. The van der Waals surface area contributed by atoms with Crippen LogP contribution in [0.15, 0.2) is 16.6 Å². The topological polar surface area (TPSA) is 83.7 Å². The highest BCUT2D eigenvalue weighted by molar-refractivity contribution is 7.89. The second-order valence-corrected chi connectivity index (χ2v) is 7.28. The molecule has 2 aromatic rings. The van der Waals surface area contributed by atoms with Crippen molar-refractivity contribution in [2.45, 2.75) is 24.9 Å². The predicted octanol–water partition coefficient (Wildman–Crippen LogP) is 1.34. The van der Waals surface area contributed by atoms with Crippen molar-refractivity contribution in [3.8, 4) is 0 Å². The highest BCUT2D eigenvalue weighted by Crippen LogP contribution is 2.25. The second-order valence-electron chi connectivity index (χ2n) is 4.42. The van der Waals surface area contributed by atoms with Gasteiger partial charge in [-0.25, -0.2) is 18.1 Å². The van der Waals surface area contributed by atoms with Gasteiger partial charge in [0, 0.05) is 17.6 Å². The summed E-state index contributed by atoms with van der Waals surface area (Å²) in [5.41, 5.74) is 0. The fourth-order valence-corrected chi connectivity index (χ4v) is 4.45. The summed E-state index contributed by atoms with van der Waals surface area (Å²) < 4.78 is 28.5. The molecule has 2 rings (SSSR count). The van der Waals surface area contributed by atoms with E-state index >= 15 is 0 Å². The monoisotopic (exact) mass is 323 g/mol. The Balaban J connectivity index is 2.44. The molecule has 0 amide bonds. The number of nitrogens with one attached hydrogen (secondary N) is 1. The number of hydrogen-bond acceptors (Lipinski definition) is 5. The van der Waals surface area contributed by atoms with Crippen LogP contribution >= 0.6 is 22.9 Å². The molecule has 0 saturated carbocycles. The van der Waals surface area contributed by atoms with Crippen molar-refractivity contribution in [2.75, 3.05) is 6.61 Å². The summed E-state index contributed by atoms with van der Waals surface area (Å²) in [6.07, 6.45) is 1.59. The van der Waals surface area contributed by atoms with Crippen LogP contribution in [-0.2, 0) is 10.0 Å². The van der Waals surface area contributed by atoms with E-state index in [0.29, 0.717) is 4.96 Å². The molecule has 2 N–H and O–H groups in total. The number of nitrogens with zero attached hydrogens (tertiary/aromatic N) is 2. The van der Waals surface area contributed by atoms with Crippen molar-refractivity contribution in [1.82, 2.24) is 14.1 Å². The van der Waals surface area contributed by atoms with Crippen molar-refractivity contribution < 1.29 is 13.5 Å². The number of fused-ring (bicyclic) bond motifs is 1. The minimum atomic E-state index is -3.84. The summed E-state index contributed by atoms with van der Waals surface area (Å²) in [7, 11) is -3.84. The van der Waals surface area contributed by atoms with Crippen LogP contribution in [0.25, 0.3) is 4.96 Å². The predicted molar refractivity (Wildman–Crippen MR) is 74.1 cm³/mol. The Kier molecular flexibility index (Phi) is 4.17. The molecule has 2 aromatic heterocycles. The molecule has 0 radical (unpaired) electrons. The van der Waals surface area contributed by atoms with Gasteiger partial charge < -0.3 is 5.11 Å². The lowest BCUT2D eigenvalue weighted by molar-refractivity contribution is 0.227. The Morgan fingerprint density at radius 2 is 2.26 bits per heavy atom. The lowest BCUT2D eigenvalue weighted by atomic mass is 10.1. The van der Waals surface area contributed by atoms with Gasteiger partial charge >= 0.3 is 0 Å². The van der Waals surface area contributed by atoms with E-state index in [0.717, 1.165) is 0 Å². The van der Waals surface area contributed by atoms with Gasteiger partial charge in [0.15, 0.2) is 15.1 Å². The van der Waals surface area contributed by atoms with E-state index in [2.05, 4.69) is 9.71 Å². The van der Waals surface area contributed by atoms with Crippen LogP contribution in [-0.4, -0.2) is 35.6 Å². The molecular weight excluding hydrogens is 310 g/mol. The van der Waals surface area contributed by atoms with E-state index < -0.39 is 16.1 Å². The minimum absolute atomic E-state index is 0.0376. The molecule has 0 aromatic carbocycles. The zero-order chi connectivity index (χ0) is 14.2. The number of thiazole rings is 1. The molecule has 9 heteroatoms. The van der Waals surface area contributed by atoms with Crippen LogP contribution in [0.2, 0.25) is 5.15 Å². The molecule has 2 heterocycles. The number of aliphatic hydroxyl groups is 1. The first-order valence-electron chi connectivity index (χ1n) is 5.61. The minimum Gasteiger partial charge on any atom is -0.395 e. The number of hydrogen-bond donors (Lipinski definition) is 2. The van der Waals surface area contributed by atoms with Gasteiger partial charge in [-0.3, -0.25) is 4.40 Å². The van der Waals surface area contributed by atoms with Crippen molar-refractivity contribution >= 4 is 37.9 Å².